The summed E-state index contributed by atoms with van der Waals surface area (Å²) in [5.74, 6) is 1.76. The first-order valence-electron chi connectivity index (χ1n) is 7.40. The molecule has 2 aromatic carbocycles. The first kappa shape index (κ1) is 16.7. The predicted octanol–water partition coefficient (Wildman–Crippen LogP) is 3.03. The molecule has 0 saturated heterocycles. The monoisotopic (exact) mass is 315 g/mol. The first-order valence-corrected chi connectivity index (χ1v) is 7.40. The molecule has 0 heterocycles. The zero-order valence-electron chi connectivity index (χ0n) is 13.6. The van der Waals surface area contributed by atoms with Gasteiger partial charge in [0.05, 0.1) is 20.8 Å². The van der Waals surface area contributed by atoms with Crippen LogP contribution in [0.4, 0.5) is 0 Å². The van der Waals surface area contributed by atoms with Crippen LogP contribution in [-0.4, -0.2) is 26.7 Å². The van der Waals surface area contributed by atoms with Crippen LogP contribution in [0.5, 0.6) is 17.2 Å². The van der Waals surface area contributed by atoms with Crippen molar-refractivity contribution >= 4 is 5.91 Å². The lowest BCUT2D eigenvalue weighted by Gasteiger charge is -2.11. The molecule has 0 aromatic heterocycles. The highest BCUT2D eigenvalue weighted by Gasteiger charge is 2.11. The van der Waals surface area contributed by atoms with Crippen molar-refractivity contribution in [1.29, 1.82) is 0 Å². The summed E-state index contributed by atoms with van der Waals surface area (Å²) < 4.78 is 15.9. The van der Waals surface area contributed by atoms with Gasteiger partial charge in [0.25, 0.3) is 5.91 Å². The molecule has 122 valence electrons. The Morgan fingerprint density at radius 2 is 1.87 bits per heavy atom. The van der Waals surface area contributed by atoms with Gasteiger partial charge in [0.15, 0.2) is 11.5 Å². The third-order valence-electron chi connectivity index (χ3n) is 3.31. The average Bonchev–Trinajstić information content (AvgIpc) is 2.60. The van der Waals surface area contributed by atoms with Crippen LogP contribution >= 0.6 is 0 Å². The molecule has 0 spiro atoms. The Hall–Kier alpha value is -2.69. The van der Waals surface area contributed by atoms with Gasteiger partial charge in [0, 0.05) is 12.1 Å². The van der Waals surface area contributed by atoms with Gasteiger partial charge in [0.2, 0.25) is 0 Å². The van der Waals surface area contributed by atoms with Gasteiger partial charge in [-0.15, -0.1) is 0 Å². The lowest BCUT2D eigenvalue weighted by atomic mass is 10.1. The molecule has 1 N–H and O–H groups in total. The van der Waals surface area contributed by atoms with Crippen LogP contribution in [0.1, 0.15) is 22.8 Å². The molecule has 0 aliphatic heterocycles. The van der Waals surface area contributed by atoms with E-state index in [9.17, 15) is 4.79 Å². The minimum atomic E-state index is -0.172. The van der Waals surface area contributed by atoms with Crippen LogP contribution in [0.15, 0.2) is 42.5 Å². The maximum absolute atomic E-state index is 12.3. The van der Waals surface area contributed by atoms with Crippen LogP contribution < -0.4 is 19.5 Å². The number of hydrogen-bond acceptors (Lipinski definition) is 4. The number of carbonyl (C=O) groups is 1. The van der Waals surface area contributed by atoms with Gasteiger partial charge >= 0.3 is 0 Å². The highest BCUT2D eigenvalue weighted by atomic mass is 16.5. The number of amides is 1. The molecule has 1 amide bonds. The summed E-state index contributed by atoms with van der Waals surface area (Å²) in [7, 11) is 3.17. The van der Waals surface area contributed by atoms with E-state index in [4.69, 9.17) is 14.2 Å². The summed E-state index contributed by atoms with van der Waals surface area (Å²) >= 11 is 0. The zero-order valence-corrected chi connectivity index (χ0v) is 13.6. The molecule has 5 nitrogen and oxygen atoms in total. The van der Waals surface area contributed by atoms with Crippen molar-refractivity contribution in [2.45, 2.75) is 13.5 Å². The second-order valence-corrected chi connectivity index (χ2v) is 4.83. The second kappa shape index (κ2) is 8.08. The minimum absolute atomic E-state index is 0.172. The fourth-order valence-electron chi connectivity index (χ4n) is 2.15. The molecular weight excluding hydrogens is 294 g/mol. The van der Waals surface area contributed by atoms with Crippen molar-refractivity contribution < 1.29 is 19.0 Å². The van der Waals surface area contributed by atoms with Gasteiger partial charge in [-0.3, -0.25) is 4.79 Å². The smallest absolute Gasteiger partial charge is 0.251 e. The number of carbonyl (C=O) groups excluding carboxylic acids is 1. The number of nitrogens with one attached hydrogen (secondary N) is 1. The van der Waals surface area contributed by atoms with E-state index in [0.29, 0.717) is 30.2 Å². The van der Waals surface area contributed by atoms with Crippen molar-refractivity contribution in [3.8, 4) is 17.2 Å². The quantitative estimate of drug-likeness (QED) is 0.853. The minimum Gasteiger partial charge on any atom is -0.497 e. The largest absolute Gasteiger partial charge is 0.497 e. The number of benzene rings is 2. The van der Waals surface area contributed by atoms with Crippen molar-refractivity contribution in [1.82, 2.24) is 5.32 Å². The summed E-state index contributed by atoms with van der Waals surface area (Å²) in [6.07, 6.45) is 0. The van der Waals surface area contributed by atoms with Gasteiger partial charge in [-0.2, -0.15) is 0 Å². The van der Waals surface area contributed by atoms with E-state index in [1.165, 1.54) is 0 Å². The highest BCUT2D eigenvalue weighted by Crippen LogP contribution is 2.28. The van der Waals surface area contributed by atoms with Crippen molar-refractivity contribution in [2.75, 3.05) is 20.8 Å². The fraction of sp³-hybridized carbons (Fsp3) is 0.278. The summed E-state index contributed by atoms with van der Waals surface area (Å²) in [5.41, 5.74) is 1.49. The van der Waals surface area contributed by atoms with Crippen molar-refractivity contribution in [3.05, 3.63) is 53.6 Å². The SMILES string of the molecule is CCOc1ccc(C(=O)NCc2cccc(OC)c2)cc1OC. The standard InChI is InChI=1S/C18H21NO4/c1-4-23-16-9-8-14(11-17(16)22-3)18(20)19-12-13-6-5-7-15(10-13)21-2/h5-11H,4,12H2,1-3H3,(H,19,20). The summed E-state index contributed by atoms with van der Waals surface area (Å²) in [6, 6.07) is 12.7. The lowest BCUT2D eigenvalue weighted by molar-refractivity contribution is 0.0950. The van der Waals surface area contributed by atoms with Crippen LogP contribution in [0, 0.1) is 0 Å². The van der Waals surface area contributed by atoms with Gasteiger partial charge < -0.3 is 19.5 Å². The summed E-state index contributed by atoms with van der Waals surface area (Å²) in [5, 5.41) is 2.88. The lowest BCUT2D eigenvalue weighted by Crippen LogP contribution is -2.22. The Morgan fingerprint density at radius 3 is 2.57 bits per heavy atom. The van der Waals surface area contributed by atoms with Crippen LogP contribution in [-0.2, 0) is 6.54 Å². The van der Waals surface area contributed by atoms with E-state index < -0.39 is 0 Å². The second-order valence-electron chi connectivity index (χ2n) is 4.83. The van der Waals surface area contributed by atoms with Gasteiger partial charge in [0.1, 0.15) is 5.75 Å². The van der Waals surface area contributed by atoms with Gasteiger partial charge in [-0.25, -0.2) is 0 Å². The van der Waals surface area contributed by atoms with Crippen LogP contribution in [0.2, 0.25) is 0 Å². The van der Waals surface area contributed by atoms with E-state index in [-0.39, 0.29) is 5.91 Å². The van der Waals surface area contributed by atoms with E-state index in [1.54, 1.807) is 32.4 Å². The van der Waals surface area contributed by atoms with Gasteiger partial charge in [-0.1, -0.05) is 12.1 Å². The molecule has 0 bridgehead atoms. The maximum atomic E-state index is 12.3. The molecule has 0 aliphatic carbocycles. The molecular formula is C18H21NO4. The molecule has 0 saturated carbocycles. The molecule has 23 heavy (non-hydrogen) atoms. The van der Waals surface area contributed by atoms with Crippen LogP contribution in [0.25, 0.3) is 0 Å². The summed E-state index contributed by atoms with van der Waals surface area (Å²) in [4.78, 5) is 12.3. The topological polar surface area (TPSA) is 56.8 Å². The molecule has 2 aromatic rings. The van der Waals surface area contributed by atoms with E-state index >= 15 is 0 Å². The summed E-state index contributed by atoms with van der Waals surface area (Å²) in [6.45, 7) is 2.86. The normalized spacial score (nSPS) is 10.0. The Kier molecular flexibility index (Phi) is 5.86. The third kappa shape index (κ3) is 4.39. The van der Waals surface area contributed by atoms with E-state index in [0.717, 1.165) is 11.3 Å². The molecule has 0 radical (unpaired) electrons. The van der Waals surface area contributed by atoms with Crippen molar-refractivity contribution in [3.63, 3.8) is 0 Å². The molecule has 0 atom stereocenters. The Labute approximate surface area is 136 Å². The average molecular weight is 315 g/mol. The van der Waals surface area contributed by atoms with Crippen molar-refractivity contribution in [2.24, 2.45) is 0 Å². The number of hydrogen-bond donors (Lipinski definition) is 1. The Bertz CT molecular complexity index is 670. The maximum Gasteiger partial charge on any atom is 0.251 e. The molecule has 5 heteroatoms. The molecule has 0 fully saturated rings. The Morgan fingerprint density at radius 1 is 1.04 bits per heavy atom. The number of methoxy groups -OCH3 is 2. The third-order valence-corrected chi connectivity index (χ3v) is 3.31. The fourth-order valence-corrected chi connectivity index (χ4v) is 2.15. The predicted molar refractivity (Wildman–Crippen MR) is 88.3 cm³/mol. The van der Waals surface area contributed by atoms with Crippen LogP contribution in [0.3, 0.4) is 0 Å². The molecule has 0 unspecified atom stereocenters. The van der Waals surface area contributed by atoms with Gasteiger partial charge in [-0.05, 0) is 42.8 Å². The van der Waals surface area contributed by atoms with E-state index in [1.807, 2.05) is 31.2 Å². The number of ether oxygens (including phenoxy) is 3. The molecule has 2 rings (SSSR count). The Balaban J connectivity index is 2.05. The first-order chi connectivity index (χ1) is 11.2. The van der Waals surface area contributed by atoms with E-state index in [2.05, 4.69) is 5.32 Å². The zero-order chi connectivity index (χ0) is 16.7. The molecule has 0 aliphatic rings. The highest BCUT2D eigenvalue weighted by molar-refractivity contribution is 5.94. The number of rotatable bonds is 7.